The van der Waals surface area contributed by atoms with Crippen LogP contribution in [0.1, 0.15) is 13.3 Å². The van der Waals surface area contributed by atoms with E-state index in [1.807, 2.05) is 19.1 Å². The van der Waals surface area contributed by atoms with Gasteiger partial charge in [0.25, 0.3) is 0 Å². The molecule has 0 unspecified atom stereocenters. The first-order chi connectivity index (χ1) is 7.15. The molecule has 5 heteroatoms. The predicted molar refractivity (Wildman–Crippen MR) is 63.6 cm³/mol. The summed E-state index contributed by atoms with van der Waals surface area (Å²) in [5.74, 6) is 0.719. The Morgan fingerprint density at radius 1 is 1.67 bits per heavy atom. The van der Waals surface area contributed by atoms with Crippen LogP contribution >= 0.6 is 11.6 Å². The molecule has 80 valence electrons. The Morgan fingerprint density at radius 3 is 3.07 bits per heavy atom. The number of rotatable bonds is 4. The van der Waals surface area contributed by atoms with Crippen molar-refractivity contribution in [3.63, 3.8) is 0 Å². The van der Waals surface area contributed by atoms with E-state index in [0.29, 0.717) is 16.5 Å². The minimum Gasteiger partial charge on any atom is -0.382 e. The number of nitrogens with zero attached hydrogens (tertiary/aromatic N) is 2. The van der Waals surface area contributed by atoms with Gasteiger partial charge in [0.05, 0.1) is 0 Å². The zero-order chi connectivity index (χ0) is 11.3. The van der Waals surface area contributed by atoms with Crippen LogP contribution in [0.5, 0.6) is 0 Å². The normalized spacial score (nSPS) is 10.5. The summed E-state index contributed by atoms with van der Waals surface area (Å²) >= 11 is 5.89. The van der Waals surface area contributed by atoms with E-state index in [9.17, 15) is 0 Å². The molecule has 0 spiro atoms. The van der Waals surface area contributed by atoms with Crippen molar-refractivity contribution in [2.45, 2.75) is 13.3 Å². The van der Waals surface area contributed by atoms with E-state index >= 15 is 0 Å². The number of nitrogens with two attached hydrogens (primary N) is 1. The smallest absolute Gasteiger partial charge is 0.154 e. The lowest BCUT2D eigenvalue weighted by molar-refractivity contribution is 1.17. The molecule has 1 heterocycles. The first kappa shape index (κ1) is 11.5. The predicted octanol–water partition coefficient (Wildman–Crippen LogP) is 2.60. The van der Waals surface area contributed by atoms with Crippen molar-refractivity contribution in [3.8, 4) is 0 Å². The molecule has 0 aliphatic heterocycles. The molecule has 0 saturated heterocycles. The fraction of sp³-hybridized carbons (Fsp3) is 0.200. The molecule has 1 aromatic rings. The van der Waals surface area contributed by atoms with Gasteiger partial charge in [-0.15, -0.1) is 0 Å². The average Bonchev–Trinajstić information content (AvgIpc) is 2.22. The molecule has 0 bridgehead atoms. The van der Waals surface area contributed by atoms with Crippen LogP contribution in [0.4, 0.5) is 11.6 Å². The molecule has 0 fully saturated rings. The third-order valence-electron chi connectivity index (χ3n) is 1.65. The van der Waals surface area contributed by atoms with Gasteiger partial charge in [-0.1, -0.05) is 31.2 Å². The number of nitrogen functional groups attached to an aromatic ring is 1. The largest absolute Gasteiger partial charge is 0.382 e. The van der Waals surface area contributed by atoms with E-state index in [2.05, 4.69) is 21.9 Å². The second-order valence-electron chi connectivity index (χ2n) is 2.88. The Labute approximate surface area is 93.9 Å². The van der Waals surface area contributed by atoms with Crippen LogP contribution in [0, 0.1) is 0 Å². The highest BCUT2D eigenvalue weighted by Gasteiger charge is 2.05. The molecular formula is C10H13ClN4. The molecule has 4 nitrogen and oxygen atoms in total. The molecule has 3 N–H and O–H groups in total. The summed E-state index contributed by atoms with van der Waals surface area (Å²) in [5, 5.41) is 3.25. The van der Waals surface area contributed by atoms with Crippen molar-refractivity contribution in [2.24, 2.45) is 0 Å². The van der Waals surface area contributed by atoms with E-state index in [4.69, 9.17) is 17.3 Å². The number of hydrogen-bond donors (Lipinski definition) is 2. The first-order valence-electron chi connectivity index (χ1n) is 4.53. The van der Waals surface area contributed by atoms with Crippen LogP contribution in [0.15, 0.2) is 30.8 Å². The summed E-state index contributed by atoms with van der Waals surface area (Å²) in [6.07, 6.45) is 6.13. The third kappa shape index (κ3) is 3.25. The van der Waals surface area contributed by atoms with Crippen LogP contribution in [0.2, 0.25) is 5.02 Å². The Bertz CT molecular complexity index is 387. The van der Waals surface area contributed by atoms with Crippen LogP contribution < -0.4 is 11.1 Å². The number of anilines is 2. The van der Waals surface area contributed by atoms with Crippen molar-refractivity contribution in [1.29, 1.82) is 0 Å². The van der Waals surface area contributed by atoms with E-state index in [1.54, 1.807) is 0 Å². The van der Waals surface area contributed by atoms with Crippen LogP contribution in [0.25, 0.3) is 0 Å². The zero-order valence-electron chi connectivity index (χ0n) is 8.50. The van der Waals surface area contributed by atoms with Crippen molar-refractivity contribution in [1.82, 2.24) is 9.97 Å². The Morgan fingerprint density at radius 2 is 2.40 bits per heavy atom. The van der Waals surface area contributed by atoms with E-state index in [1.165, 1.54) is 6.33 Å². The lowest BCUT2D eigenvalue weighted by Gasteiger charge is -2.07. The van der Waals surface area contributed by atoms with Crippen molar-refractivity contribution in [2.75, 3.05) is 11.1 Å². The van der Waals surface area contributed by atoms with Gasteiger partial charge < -0.3 is 11.1 Å². The maximum atomic E-state index is 5.89. The number of allylic oxidation sites excluding steroid dienone is 2. The fourth-order valence-electron chi connectivity index (χ4n) is 0.924. The van der Waals surface area contributed by atoms with Crippen molar-refractivity contribution >= 4 is 23.2 Å². The highest BCUT2D eigenvalue weighted by molar-refractivity contribution is 6.35. The monoisotopic (exact) mass is 224 g/mol. The quantitative estimate of drug-likeness (QED) is 0.772. The van der Waals surface area contributed by atoms with Crippen LogP contribution in [0.3, 0.4) is 0 Å². The fourth-order valence-corrected chi connectivity index (χ4v) is 1.07. The van der Waals surface area contributed by atoms with Crippen molar-refractivity contribution in [3.05, 3.63) is 35.8 Å². The summed E-state index contributed by atoms with van der Waals surface area (Å²) in [6.45, 7) is 5.84. The number of aromatic nitrogens is 2. The summed E-state index contributed by atoms with van der Waals surface area (Å²) in [7, 11) is 0. The Hall–Kier alpha value is -1.55. The molecular weight excluding hydrogens is 212 g/mol. The highest BCUT2D eigenvalue weighted by atomic mass is 35.5. The van der Waals surface area contributed by atoms with E-state index in [0.717, 1.165) is 6.42 Å². The molecule has 0 atom stereocenters. The van der Waals surface area contributed by atoms with Gasteiger partial charge in [-0.25, -0.2) is 9.97 Å². The lowest BCUT2D eigenvalue weighted by atomic mass is 10.3. The van der Waals surface area contributed by atoms with Gasteiger partial charge in [0.2, 0.25) is 0 Å². The van der Waals surface area contributed by atoms with Crippen molar-refractivity contribution < 1.29 is 0 Å². The summed E-state index contributed by atoms with van der Waals surface area (Å²) in [4.78, 5) is 7.71. The van der Waals surface area contributed by atoms with Crippen LogP contribution in [-0.4, -0.2) is 9.97 Å². The minimum atomic E-state index is 0.251. The van der Waals surface area contributed by atoms with Gasteiger partial charge in [0.15, 0.2) is 5.82 Å². The van der Waals surface area contributed by atoms with Gasteiger partial charge in [-0.3, -0.25) is 0 Å². The molecule has 0 amide bonds. The minimum absolute atomic E-state index is 0.251. The summed E-state index contributed by atoms with van der Waals surface area (Å²) in [5.41, 5.74) is 6.23. The van der Waals surface area contributed by atoms with E-state index < -0.39 is 0 Å². The standard InChI is InChI=1S/C10H13ClN4/c1-3-4-5-7(2)15-10-8(11)9(12)13-6-14-10/h4-6H,2-3H2,1H3,(H3,12,13,14,15)/b5-4-. The van der Waals surface area contributed by atoms with Gasteiger partial charge in [0, 0.05) is 5.70 Å². The Kier molecular flexibility index (Phi) is 4.12. The van der Waals surface area contributed by atoms with E-state index in [-0.39, 0.29) is 5.82 Å². The van der Waals surface area contributed by atoms with Crippen LogP contribution in [-0.2, 0) is 0 Å². The molecule has 0 radical (unpaired) electrons. The van der Waals surface area contributed by atoms with Gasteiger partial charge in [-0.05, 0) is 12.5 Å². The average molecular weight is 225 g/mol. The first-order valence-corrected chi connectivity index (χ1v) is 4.91. The number of hydrogen-bond acceptors (Lipinski definition) is 4. The molecule has 15 heavy (non-hydrogen) atoms. The second kappa shape index (κ2) is 5.36. The maximum Gasteiger partial charge on any atom is 0.154 e. The summed E-state index contributed by atoms with van der Waals surface area (Å²) in [6, 6.07) is 0. The number of halogens is 1. The van der Waals surface area contributed by atoms with Gasteiger partial charge in [0.1, 0.15) is 17.2 Å². The van der Waals surface area contributed by atoms with Gasteiger partial charge >= 0.3 is 0 Å². The number of nitrogens with one attached hydrogen (secondary N) is 1. The molecule has 0 aliphatic carbocycles. The van der Waals surface area contributed by atoms with Gasteiger partial charge in [-0.2, -0.15) is 0 Å². The molecule has 0 saturated carbocycles. The Balaban J connectivity index is 2.77. The summed E-state index contributed by atoms with van der Waals surface area (Å²) < 4.78 is 0. The zero-order valence-corrected chi connectivity index (χ0v) is 9.25. The molecule has 1 aromatic heterocycles. The molecule has 0 aliphatic rings. The highest BCUT2D eigenvalue weighted by Crippen LogP contribution is 2.24. The topological polar surface area (TPSA) is 63.8 Å². The molecule has 0 aromatic carbocycles. The maximum absolute atomic E-state index is 5.89. The second-order valence-corrected chi connectivity index (χ2v) is 3.26. The SMILES string of the molecule is C=C(/C=C\CC)Nc1ncnc(N)c1Cl. The molecule has 1 rings (SSSR count). The third-order valence-corrected chi connectivity index (χ3v) is 2.02. The lowest BCUT2D eigenvalue weighted by Crippen LogP contribution is -2.02.